The normalized spacial score (nSPS) is 9.25. The zero-order chi connectivity index (χ0) is 9.70. The van der Waals surface area contributed by atoms with Crippen molar-refractivity contribution >= 4 is 0 Å². The predicted molar refractivity (Wildman–Crippen MR) is 56.5 cm³/mol. The van der Waals surface area contributed by atoms with Crippen LogP contribution >= 0.6 is 0 Å². The molecule has 0 heterocycles. The summed E-state index contributed by atoms with van der Waals surface area (Å²) in [6, 6.07) is 0. The third kappa shape index (κ3) is 32.7. The lowest BCUT2D eigenvalue weighted by Crippen LogP contribution is -2.04. The van der Waals surface area contributed by atoms with E-state index in [1.54, 1.807) is 0 Å². The van der Waals surface area contributed by atoms with Gasteiger partial charge in [-0.15, -0.1) is 0 Å². The van der Waals surface area contributed by atoms with Crippen molar-refractivity contribution in [1.29, 1.82) is 0 Å². The van der Waals surface area contributed by atoms with E-state index in [1.165, 1.54) is 12.8 Å². The second-order valence-electron chi connectivity index (χ2n) is 2.09. The second kappa shape index (κ2) is 30.7. The van der Waals surface area contributed by atoms with Crippen molar-refractivity contribution < 1.29 is 10.5 Å². The molecule has 0 amide bonds. The van der Waals surface area contributed by atoms with Crippen LogP contribution in [0.3, 0.4) is 0 Å². The second-order valence-corrected chi connectivity index (χ2v) is 2.09. The summed E-state index contributed by atoms with van der Waals surface area (Å²) in [4.78, 5) is 0. The average molecular weight is 181 g/mol. The van der Waals surface area contributed by atoms with Gasteiger partial charge in [0.25, 0.3) is 0 Å². The first-order chi connectivity index (χ1) is 5.31. The summed E-state index contributed by atoms with van der Waals surface area (Å²) in [5, 5.41) is 12.0. The van der Waals surface area contributed by atoms with E-state index < -0.39 is 0 Å². The van der Waals surface area contributed by atoms with E-state index in [0.29, 0.717) is 0 Å². The number of hydrogen-bond acceptors (Lipinski definition) is 3. The quantitative estimate of drug-likeness (QED) is 0.463. The van der Waals surface area contributed by atoms with Gasteiger partial charge in [0.1, 0.15) is 0 Å². The molecule has 0 saturated heterocycles. The maximum atomic E-state index is 6.00. The maximum absolute atomic E-state index is 6.00. The highest BCUT2D eigenvalue weighted by atomic mass is 17.0. The summed E-state index contributed by atoms with van der Waals surface area (Å²) >= 11 is 0. The van der Waals surface area contributed by atoms with Crippen LogP contribution in [-0.4, -0.2) is 17.1 Å². The van der Waals surface area contributed by atoms with Crippen molar-refractivity contribution in [3.05, 3.63) is 0 Å². The number of hydrogen-bond donors (Lipinski definition) is 3. The van der Waals surface area contributed by atoms with Crippen LogP contribution in [-0.2, 0) is 0 Å². The Morgan fingerprint density at radius 3 is 1.67 bits per heavy atom. The Morgan fingerprint density at radius 1 is 1.25 bits per heavy atom. The third-order valence-electron chi connectivity index (χ3n) is 1.36. The zero-order valence-corrected chi connectivity index (χ0v) is 8.17. The summed E-state index contributed by atoms with van der Waals surface area (Å²) in [7, 11) is 0. The molecule has 80 valence electrons. The van der Waals surface area contributed by atoms with E-state index in [9.17, 15) is 0 Å². The lowest BCUT2D eigenvalue weighted by atomic mass is 10.1. The fourth-order valence-electron chi connectivity index (χ4n) is 0.489. The smallest absolute Gasteiger partial charge is 0.00747 e. The third-order valence-corrected chi connectivity index (χ3v) is 1.36. The van der Waals surface area contributed by atoms with E-state index >= 15 is 0 Å². The van der Waals surface area contributed by atoms with Crippen LogP contribution in [0.2, 0.25) is 0 Å². The summed E-state index contributed by atoms with van der Waals surface area (Å²) < 4.78 is 0. The molecule has 0 aliphatic carbocycles. The summed E-state index contributed by atoms with van der Waals surface area (Å²) in [5.74, 6) is 0.824. The van der Waals surface area contributed by atoms with Crippen molar-refractivity contribution in [1.82, 2.24) is 0 Å². The van der Waals surface area contributed by atoms with Crippen LogP contribution in [0.15, 0.2) is 0 Å². The molecule has 0 aromatic carbocycles. The van der Waals surface area contributed by atoms with Crippen LogP contribution in [0.25, 0.3) is 0 Å². The molecule has 0 fully saturated rings. The standard InChI is InChI=1S/C6H15N.C2H6.CH4.H2O2/c1-3-6(2)4-5-7;1-2;;1-2/h6H,3-5,7H2,1-2H3;1-2H3;1H4;1-2H. The Balaban J connectivity index is -0.0000000560. The molecule has 12 heavy (non-hydrogen) atoms. The van der Waals surface area contributed by atoms with E-state index in [-0.39, 0.29) is 7.43 Å². The molecule has 3 heteroatoms. The highest BCUT2D eigenvalue weighted by Crippen LogP contribution is 2.02. The van der Waals surface area contributed by atoms with Gasteiger partial charge in [-0.2, -0.15) is 0 Å². The Kier molecular flexibility index (Phi) is 58.0. The molecule has 3 nitrogen and oxygen atoms in total. The summed E-state index contributed by atoms with van der Waals surface area (Å²) in [6.07, 6.45) is 2.44. The molecule has 0 aromatic heterocycles. The topological polar surface area (TPSA) is 66.5 Å². The van der Waals surface area contributed by atoms with Gasteiger partial charge in [0.05, 0.1) is 0 Å². The zero-order valence-electron chi connectivity index (χ0n) is 8.17. The van der Waals surface area contributed by atoms with Crippen molar-refractivity contribution in [2.24, 2.45) is 11.7 Å². The van der Waals surface area contributed by atoms with Crippen molar-refractivity contribution in [3.8, 4) is 0 Å². The number of nitrogens with two attached hydrogens (primary N) is 1. The van der Waals surface area contributed by atoms with Gasteiger partial charge in [-0.05, 0) is 18.9 Å². The largest absolute Gasteiger partial charge is 0.330 e. The van der Waals surface area contributed by atoms with Crippen LogP contribution in [0.4, 0.5) is 0 Å². The Hall–Kier alpha value is -0.120. The van der Waals surface area contributed by atoms with Crippen LogP contribution in [0, 0.1) is 5.92 Å². The van der Waals surface area contributed by atoms with Gasteiger partial charge in [0.2, 0.25) is 0 Å². The van der Waals surface area contributed by atoms with Crippen LogP contribution in [0.1, 0.15) is 48.0 Å². The van der Waals surface area contributed by atoms with Crippen molar-refractivity contribution in [2.75, 3.05) is 6.54 Å². The fraction of sp³-hybridized carbons (Fsp3) is 1.00. The van der Waals surface area contributed by atoms with E-state index in [4.69, 9.17) is 16.2 Å². The Morgan fingerprint density at radius 2 is 1.58 bits per heavy atom. The fourth-order valence-corrected chi connectivity index (χ4v) is 0.489. The van der Waals surface area contributed by atoms with Crippen molar-refractivity contribution in [3.63, 3.8) is 0 Å². The first-order valence-electron chi connectivity index (χ1n) is 4.21. The summed E-state index contributed by atoms with van der Waals surface area (Å²) in [6.45, 7) is 9.27. The molecular weight excluding hydrogens is 154 g/mol. The monoisotopic (exact) mass is 181 g/mol. The first kappa shape index (κ1) is 22.6. The van der Waals surface area contributed by atoms with E-state index in [1.807, 2.05) is 13.8 Å². The average Bonchev–Trinajstić information content (AvgIpc) is 2.12. The molecule has 0 saturated carbocycles. The molecule has 0 radical (unpaired) electrons. The minimum absolute atomic E-state index is 0. The Bertz CT molecular complexity index is 43.5. The first-order valence-corrected chi connectivity index (χ1v) is 4.21. The molecule has 0 aliphatic rings. The molecule has 1 atom stereocenters. The number of rotatable bonds is 3. The van der Waals surface area contributed by atoms with Gasteiger partial charge in [0, 0.05) is 0 Å². The molecule has 0 aromatic rings. The minimum atomic E-state index is 0. The van der Waals surface area contributed by atoms with E-state index in [2.05, 4.69) is 13.8 Å². The van der Waals surface area contributed by atoms with Gasteiger partial charge in [-0.3, -0.25) is 10.5 Å². The Labute approximate surface area is 77.5 Å². The molecule has 1 unspecified atom stereocenters. The van der Waals surface area contributed by atoms with Crippen LogP contribution in [0.5, 0.6) is 0 Å². The SMILES string of the molecule is C.CC.CCC(C)CCN.OO. The van der Waals surface area contributed by atoms with E-state index in [0.717, 1.165) is 12.5 Å². The van der Waals surface area contributed by atoms with Crippen molar-refractivity contribution in [2.45, 2.75) is 48.0 Å². The highest BCUT2D eigenvalue weighted by molar-refractivity contribution is 4.48. The predicted octanol–water partition coefficient (Wildman–Crippen LogP) is 3.06. The molecule has 0 spiro atoms. The highest BCUT2D eigenvalue weighted by Gasteiger charge is 1.92. The molecule has 0 rings (SSSR count). The molecule has 0 aliphatic heterocycles. The van der Waals surface area contributed by atoms with Crippen LogP contribution < -0.4 is 5.73 Å². The minimum Gasteiger partial charge on any atom is -0.330 e. The van der Waals surface area contributed by atoms with Gasteiger partial charge in [-0.25, -0.2) is 0 Å². The van der Waals surface area contributed by atoms with Gasteiger partial charge in [-0.1, -0.05) is 41.5 Å². The molecular formula is C9H27NO2. The van der Waals surface area contributed by atoms with Gasteiger partial charge in [0.15, 0.2) is 0 Å². The summed E-state index contributed by atoms with van der Waals surface area (Å²) in [5.41, 5.74) is 5.30. The lowest BCUT2D eigenvalue weighted by molar-refractivity contribution is -0.176. The van der Waals surface area contributed by atoms with Gasteiger partial charge < -0.3 is 5.73 Å². The van der Waals surface area contributed by atoms with Gasteiger partial charge >= 0.3 is 0 Å². The molecule has 4 N–H and O–H groups in total. The lowest BCUT2D eigenvalue weighted by Gasteiger charge is -2.02. The maximum Gasteiger partial charge on any atom is -0.00747 e. The molecule has 0 bridgehead atoms.